The molecule has 0 fully saturated rings. The second-order valence-corrected chi connectivity index (χ2v) is 6.05. The zero-order chi connectivity index (χ0) is 18.8. The van der Waals surface area contributed by atoms with Gasteiger partial charge < -0.3 is 14.9 Å². The number of rotatable bonds is 10. The second-order valence-electron chi connectivity index (χ2n) is 6.05. The molecule has 2 N–H and O–H groups in total. The molecule has 138 valence electrons. The predicted octanol–water partition coefficient (Wildman–Crippen LogP) is 4.11. The number of aliphatic carboxylic acids is 1. The van der Waals surface area contributed by atoms with Crippen molar-refractivity contribution in [2.75, 3.05) is 6.61 Å². The summed E-state index contributed by atoms with van der Waals surface area (Å²) in [6, 6.07) is 15.2. The Hall–Kier alpha value is -2.50. The molecule has 0 radical (unpaired) electrons. The minimum Gasteiger partial charge on any atom is -0.481 e. The van der Waals surface area contributed by atoms with Gasteiger partial charge in [0.1, 0.15) is 5.82 Å². The molecule has 0 aliphatic heterocycles. The van der Waals surface area contributed by atoms with Gasteiger partial charge in [-0.1, -0.05) is 54.6 Å². The minimum absolute atomic E-state index is 0.0657. The fourth-order valence-corrected chi connectivity index (χ4v) is 2.54. The highest BCUT2D eigenvalue weighted by atomic mass is 19.1. The van der Waals surface area contributed by atoms with E-state index in [4.69, 9.17) is 4.74 Å². The van der Waals surface area contributed by atoms with E-state index >= 15 is 0 Å². The van der Waals surface area contributed by atoms with Crippen molar-refractivity contribution in [2.45, 2.75) is 25.6 Å². The Morgan fingerprint density at radius 1 is 1.08 bits per heavy atom. The largest absolute Gasteiger partial charge is 0.481 e. The molecule has 0 spiro atoms. The number of carboxylic acids is 1. The first-order valence-electron chi connectivity index (χ1n) is 8.49. The van der Waals surface area contributed by atoms with Crippen LogP contribution in [0.3, 0.4) is 0 Å². The maximum Gasteiger partial charge on any atom is 0.306 e. The summed E-state index contributed by atoms with van der Waals surface area (Å²) in [6.07, 6.45) is 2.95. The topological polar surface area (TPSA) is 66.8 Å². The van der Waals surface area contributed by atoms with Gasteiger partial charge in [-0.25, -0.2) is 4.39 Å². The monoisotopic (exact) mass is 358 g/mol. The SMILES string of the molecule is O=C(O)[C@@H](C/C=C\COCc1ccccc1)C[C@@H](O)c1ccc(F)cc1. The van der Waals surface area contributed by atoms with Crippen LogP contribution in [0.1, 0.15) is 30.1 Å². The van der Waals surface area contributed by atoms with E-state index in [2.05, 4.69) is 0 Å². The summed E-state index contributed by atoms with van der Waals surface area (Å²) in [7, 11) is 0. The van der Waals surface area contributed by atoms with Gasteiger partial charge in [0.05, 0.1) is 25.2 Å². The van der Waals surface area contributed by atoms with Crippen LogP contribution >= 0.6 is 0 Å². The summed E-state index contributed by atoms with van der Waals surface area (Å²) < 4.78 is 18.4. The summed E-state index contributed by atoms with van der Waals surface area (Å²) in [6.45, 7) is 0.887. The van der Waals surface area contributed by atoms with Gasteiger partial charge >= 0.3 is 5.97 Å². The van der Waals surface area contributed by atoms with Crippen LogP contribution < -0.4 is 0 Å². The Labute approximate surface area is 152 Å². The molecule has 2 atom stereocenters. The molecule has 4 nitrogen and oxygen atoms in total. The van der Waals surface area contributed by atoms with Crippen LogP contribution in [0, 0.1) is 11.7 Å². The van der Waals surface area contributed by atoms with Gasteiger partial charge in [0.15, 0.2) is 0 Å². The number of hydrogen-bond donors (Lipinski definition) is 2. The van der Waals surface area contributed by atoms with Crippen LogP contribution in [0.25, 0.3) is 0 Å². The van der Waals surface area contributed by atoms with Crippen molar-refractivity contribution in [1.29, 1.82) is 0 Å². The lowest BCUT2D eigenvalue weighted by molar-refractivity contribution is -0.142. The van der Waals surface area contributed by atoms with Gasteiger partial charge in [-0.3, -0.25) is 4.79 Å². The average molecular weight is 358 g/mol. The smallest absolute Gasteiger partial charge is 0.306 e. The Morgan fingerprint density at radius 3 is 2.42 bits per heavy atom. The van der Waals surface area contributed by atoms with Crippen molar-refractivity contribution in [1.82, 2.24) is 0 Å². The first kappa shape index (κ1) is 19.8. The minimum atomic E-state index is -0.971. The van der Waals surface area contributed by atoms with E-state index in [0.29, 0.717) is 25.2 Å². The molecule has 0 aliphatic rings. The normalized spacial score (nSPS) is 13.6. The number of carbonyl (C=O) groups is 1. The fourth-order valence-electron chi connectivity index (χ4n) is 2.54. The van der Waals surface area contributed by atoms with Crippen molar-refractivity contribution in [3.05, 3.63) is 83.7 Å². The Balaban J connectivity index is 1.76. The predicted molar refractivity (Wildman–Crippen MR) is 97.0 cm³/mol. The van der Waals surface area contributed by atoms with E-state index in [-0.39, 0.29) is 6.42 Å². The van der Waals surface area contributed by atoms with Crippen molar-refractivity contribution < 1.29 is 24.1 Å². The highest BCUT2D eigenvalue weighted by Gasteiger charge is 2.21. The number of allylic oxidation sites excluding steroid dienone is 1. The molecule has 2 aromatic rings. The molecule has 2 rings (SSSR count). The first-order valence-corrected chi connectivity index (χ1v) is 8.49. The first-order chi connectivity index (χ1) is 12.6. The van der Waals surface area contributed by atoms with Crippen LogP contribution in [0.2, 0.25) is 0 Å². The van der Waals surface area contributed by atoms with E-state index in [1.807, 2.05) is 30.3 Å². The highest BCUT2D eigenvalue weighted by Crippen LogP contribution is 2.24. The van der Waals surface area contributed by atoms with Crippen molar-refractivity contribution >= 4 is 5.97 Å². The summed E-state index contributed by atoms with van der Waals surface area (Å²) in [4.78, 5) is 11.4. The molecule has 2 aromatic carbocycles. The van der Waals surface area contributed by atoms with E-state index in [9.17, 15) is 19.4 Å². The van der Waals surface area contributed by atoms with Crippen LogP contribution in [0.15, 0.2) is 66.7 Å². The van der Waals surface area contributed by atoms with Gasteiger partial charge in [-0.15, -0.1) is 0 Å². The zero-order valence-corrected chi connectivity index (χ0v) is 14.4. The van der Waals surface area contributed by atoms with Crippen molar-refractivity contribution in [2.24, 2.45) is 5.92 Å². The molecule has 0 heterocycles. The molecule has 0 aromatic heterocycles. The maximum atomic E-state index is 12.9. The number of carboxylic acid groups (broad SMARTS) is 1. The average Bonchev–Trinajstić information content (AvgIpc) is 2.64. The number of ether oxygens (including phenoxy) is 1. The van der Waals surface area contributed by atoms with E-state index in [1.165, 1.54) is 24.3 Å². The highest BCUT2D eigenvalue weighted by molar-refractivity contribution is 5.70. The molecule has 0 aliphatic carbocycles. The molecule has 0 saturated carbocycles. The maximum absolute atomic E-state index is 12.9. The molecule has 0 bridgehead atoms. The molecule has 0 saturated heterocycles. The van der Waals surface area contributed by atoms with E-state index < -0.39 is 23.8 Å². The summed E-state index contributed by atoms with van der Waals surface area (Å²) in [5.41, 5.74) is 1.58. The molecule has 26 heavy (non-hydrogen) atoms. The summed E-state index contributed by atoms with van der Waals surface area (Å²) in [5.74, 6) is -2.09. The van der Waals surface area contributed by atoms with Crippen LogP contribution in [-0.4, -0.2) is 22.8 Å². The van der Waals surface area contributed by atoms with Crippen molar-refractivity contribution in [3.8, 4) is 0 Å². The summed E-state index contributed by atoms with van der Waals surface area (Å²) in [5, 5.41) is 19.5. The lowest BCUT2D eigenvalue weighted by Gasteiger charge is -2.16. The Morgan fingerprint density at radius 2 is 1.77 bits per heavy atom. The lowest BCUT2D eigenvalue weighted by Crippen LogP contribution is -2.16. The molecular formula is C21H23FO4. The van der Waals surface area contributed by atoms with Gasteiger partial charge in [-0.2, -0.15) is 0 Å². The van der Waals surface area contributed by atoms with E-state index in [0.717, 1.165) is 5.56 Å². The van der Waals surface area contributed by atoms with Crippen molar-refractivity contribution in [3.63, 3.8) is 0 Å². The number of hydrogen-bond acceptors (Lipinski definition) is 3. The molecule has 0 unspecified atom stereocenters. The number of aliphatic hydroxyl groups excluding tert-OH is 1. The fraction of sp³-hybridized carbons (Fsp3) is 0.286. The van der Waals surface area contributed by atoms with Gasteiger partial charge in [0, 0.05) is 0 Å². The number of aliphatic hydroxyl groups is 1. The zero-order valence-electron chi connectivity index (χ0n) is 14.4. The van der Waals surface area contributed by atoms with Gasteiger partial charge in [-0.05, 0) is 36.1 Å². The summed E-state index contributed by atoms with van der Waals surface area (Å²) >= 11 is 0. The van der Waals surface area contributed by atoms with Gasteiger partial charge in [0.25, 0.3) is 0 Å². The van der Waals surface area contributed by atoms with E-state index in [1.54, 1.807) is 12.2 Å². The third-order valence-electron chi connectivity index (χ3n) is 4.02. The van der Waals surface area contributed by atoms with Crippen LogP contribution in [0.5, 0.6) is 0 Å². The lowest BCUT2D eigenvalue weighted by atomic mass is 9.94. The molecule has 0 amide bonds. The number of halogens is 1. The van der Waals surface area contributed by atoms with Crippen LogP contribution in [-0.2, 0) is 16.1 Å². The Bertz CT molecular complexity index is 698. The standard InChI is InChI=1S/C21H23FO4/c22-19-11-9-17(10-12-19)20(23)14-18(21(24)25)8-4-5-13-26-15-16-6-2-1-3-7-16/h1-7,9-12,18,20,23H,8,13-15H2,(H,24,25)/b5-4-/t18-,20+/m0/s1. The Kier molecular flexibility index (Phi) is 7.99. The quantitative estimate of drug-likeness (QED) is 0.495. The second kappa shape index (κ2) is 10.5. The number of benzene rings is 2. The third kappa shape index (κ3) is 6.78. The molecule has 5 heteroatoms. The van der Waals surface area contributed by atoms with Gasteiger partial charge in [0.2, 0.25) is 0 Å². The molecular weight excluding hydrogens is 335 g/mol. The van der Waals surface area contributed by atoms with Crippen LogP contribution in [0.4, 0.5) is 4.39 Å². The third-order valence-corrected chi connectivity index (χ3v) is 4.02.